The predicted molar refractivity (Wildman–Crippen MR) is 182 cm³/mol. The Labute approximate surface area is 254 Å². The van der Waals surface area contributed by atoms with Crippen LogP contribution in [0.5, 0.6) is 0 Å². The Balaban J connectivity index is 1.42. The van der Waals surface area contributed by atoms with Crippen LogP contribution in [0.1, 0.15) is 0 Å². The van der Waals surface area contributed by atoms with E-state index in [4.69, 9.17) is 0 Å². The second-order valence-electron chi connectivity index (χ2n) is 10.6. The lowest BCUT2D eigenvalue weighted by molar-refractivity contribution is 1.18. The van der Waals surface area contributed by atoms with Gasteiger partial charge in [0, 0.05) is 25.4 Å². The Bertz CT molecular complexity index is 2140. The number of fused-ring (bicyclic) bond motifs is 5. The minimum atomic E-state index is 1.09. The monoisotopic (exact) mass is 651 g/mol. The standard InChI is InChI=1S/C38H23Br2N/c39-32-15-13-24-9-11-26(17-28(24)20-32)30-19-31(27-12-10-25-14-16-33(40)21-29(25)18-27)23-34(22-30)41-37-7-3-1-5-35(37)36-6-2-4-8-38(36)41/h1-23H. The normalized spacial score (nSPS) is 11.7. The maximum Gasteiger partial charge on any atom is 0.0541 e. The molecule has 0 amide bonds. The zero-order valence-electron chi connectivity index (χ0n) is 22.0. The van der Waals surface area contributed by atoms with Gasteiger partial charge in [-0.1, -0.05) is 105 Å². The smallest absolute Gasteiger partial charge is 0.0541 e. The van der Waals surface area contributed by atoms with Crippen LogP contribution >= 0.6 is 31.9 Å². The Morgan fingerprint density at radius 2 is 0.829 bits per heavy atom. The molecule has 0 N–H and O–H groups in total. The van der Waals surface area contributed by atoms with Gasteiger partial charge in [-0.15, -0.1) is 0 Å². The van der Waals surface area contributed by atoms with Gasteiger partial charge in [-0.25, -0.2) is 0 Å². The molecule has 41 heavy (non-hydrogen) atoms. The highest BCUT2D eigenvalue weighted by Gasteiger charge is 2.14. The average Bonchev–Trinajstić information content (AvgIpc) is 3.34. The van der Waals surface area contributed by atoms with E-state index in [0.29, 0.717) is 0 Å². The summed E-state index contributed by atoms with van der Waals surface area (Å²) in [6.45, 7) is 0. The molecule has 0 fully saturated rings. The van der Waals surface area contributed by atoms with E-state index in [2.05, 4.69) is 176 Å². The molecule has 0 atom stereocenters. The number of halogens is 2. The van der Waals surface area contributed by atoms with Crippen LogP contribution in [0.25, 0.3) is 71.3 Å². The molecule has 1 aromatic heterocycles. The summed E-state index contributed by atoms with van der Waals surface area (Å²) in [4.78, 5) is 0. The second kappa shape index (κ2) is 9.73. The molecule has 0 unspecified atom stereocenters. The summed E-state index contributed by atoms with van der Waals surface area (Å²) in [7, 11) is 0. The SMILES string of the molecule is Brc1ccc2ccc(-c3cc(-c4ccc5ccc(Br)cc5c4)cc(-n4c5ccccc5c5ccccc54)c3)cc2c1. The third kappa shape index (κ3) is 4.28. The Morgan fingerprint density at radius 3 is 1.34 bits per heavy atom. The molecule has 8 rings (SSSR count). The van der Waals surface area contributed by atoms with Gasteiger partial charge in [-0.05, 0) is 111 Å². The molecule has 0 aliphatic heterocycles. The molecule has 0 radical (unpaired) electrons. The zero-order valence-corrected chi connectivity index (χ0v) is 25.2. The molecule has 1 nitrogen and oxygen atoms in total. The number of benzene rings is 7. The van der Waals surface area contributed by atoms with E-state index in [0.717, 1.165) is 14.6 Å². The quantitative estimate of drug-likeness (QED) is 0.179. The van der Waals surface area contributed by atoms with Crippen molar-refractivity contribution in [3.05, 3.63) is 148 Å². The first-order valence-corrected chi connectivity index (χ1v) is 15.2. The van der Waals surface area contributed by atoms with Crippen molar-refractivity contribution in [2.75, 3.05) is 0 Å². The fraction of sp³-hybridized carbons (Fsp3) is 0. The molecular weight excluding hydrogens is 630 g/mol. The van der Waals surface area contributed by atoms with E-state index in [1.807, 2.05) is 0 Å². The van der Waals surface area contributed by atoms with Crippen LogP contribution < -0.4 is 0 Å². The van der Waals surface area contributed by atoms with Crippen molar-refractivity contribution in [2.24, 2.45) is 0 Å². The summed E-state index contributed by atoms with van der Waals surface area (Å²) < 4.78 is 4.58. The van der Waals surface area contributed by atoms with Crippen molar-refractivity contribution in [1.29, 1.82) is 0 Å². The minimum Gasteiger partial charge on any atom is -0.309 e. The minimum absolute atomic E-state index is 1.09. The predicted octanol–water partition coefficient (Wildman–Crippen LogP) is 11.9. The number of para-hydroxylation sites is 2. The summed E-state index contributed by atoms with van der Waals surface area (Å²) in [5.41, 5.74) is 8.35. The molecule has 194 valence electrons. The number of hydrogen-bond acceptors (Lipinski definition) is 0. The molecular formula is C38H23Br2N. The van der Waals surface area contributed by atoms with Crippen LogP contribution in [0.4, 0.5) is 0 Å². The molecule has 0 aliphatic carbocycles. The summed E-state index contributed by atoms with van der Waals surface area (Å²) in [6.07, 6.45) is 0. The summed E-state index contributed by atoms with van der Waals surface area (Å²) >= 11 is 7.31. The molecule has 1 heterocycles. The molecule has 3 heteroatoms. The van der Waals surface area contributed by atoms with E-state index in [-0.39, 0.29) is 0 Å². The van der Waals surface area contributed by atoms with Crippen molar-refractivity contribution in [1.82, 2.24) is 4.57 Å². The van der Waals surface area contributed by atoms with Crippen molar-refractivity contribution in [3.63, 3.8) is 0 Å². The van der Waals surface area contributed by atoms with Gasteiger partial charge in [0.15, 0.2) is 0 Å². The molecule has 7 aromatic carbocycles. The number of aromatic nitrogens is 1. The summed E-state index contributed by atoms with van der Waals surface area (Å²) in [6, 6.07) is 50.8. The molecule has 0 spiro atoms. The fourth-order valence-corrected chi connectivity index (χ4v) is 6.83. The number of hydrogen-bond donors (Lipinski definition) is 0. The highest BCUT2D eigenvalue weighted by Crippen LogP contribution is 2.37. The lowest BCUT2D eigenvalue weighted by Crippen LogP contribution is -1.96. The average molecular weight is 653 g/mol. The van der Waals surface area contributed by atoms with Gasteiger partial charge in [-0.3, -0.25) is 0 Å². The molecule has 0 aliphatic rings. The molecule has 0 bridgehead atoms. The zero-order chi connectivity index (χ0) is 27.5. The van der Waals surface area contributed by atoms with E-state index >= 15 is 0 Å². The van der Waals surface area contributed by atoms with Crippen LogP contribution in [-0.2, 0) is 0 Å². The highest BCUT2D eigenvalue weighted by molar-refractivity contribution is 9.10. The molecule has 0 saturated carbocycles. The number of rotatable bonds is 3. The third-order valence-corrected chi connectivity index (χ3v) is 9.01. The Hall–Kier alpha value is -4.18. The van der Waals surface area contributed by atoms with Gasteiger partial charge in [0.25, 0.3) is 0 Å². The van der Waals surface area contributed by atoms with Gasteiger partial charge >= 0.3 is 0 Å². The van der Waals surface area contributed by atoms with Gasteiger partial charge in [-0.2, -0.15) is 0 Å². The largest absolute Gasteiger partial charge is 0.309 e. The van der Waals surface area contributed by atoms with Crippen LogP contribution in [0, 0.1) is 0 Å². The van der Waals surface area contributed by atoms with E-state index in [9.17, 15) is 0 Å². The van der Waals surface area contributed by atoms with Gasteiger partial charge < -0.3 is 4.57 Å². The first kappa shape index (κ1) is 24.6. The van der Waals surface area contributed by atoms with Crippen LogP contribution in [0.2, 0.25) is 0 Å². The van der Waals surface area contributed by atoms with Gasteiger partial charge in [0.2, 0.25) is 0 Å². The van der Waals surface area contributed by atoms with Crippen molar-refractivity contribution >= 4 is 75.2 Å². The first-order chi connectivity index (χ1) is 20.1. The summed E-state index contributed by atoms with van der Waals surface area (Å²) in [5.74, 6) is 0. The van der Waals surface area contributed by atoms with E-state index < -0.39 is 0 Å². The Kier molecular flexibility index (Phi) is 5.84. The molecule has 8 aromatic rings. The van der Waals surface area contributed by atoms with Gasteiger partial charge in [0.1, 0.15) is 0 Å². The Morgan fingerprint density at radius 1 is 0.366 bits per heavy atom. The molecule has 0 saturated heterocycles. The lowest BCUT2D eigenvalue weighted by Gasteiger charge is -2.15. The van der Waals surface area contributed by atoms with Gasteiger partial charge in [0.05, 0.1) is 11.0 Å². The van der Waals surface area contributed by atoms with Crippen molar-refractivity contribution in [3.8, 4) is 27.9 Å². The highest BCUT2D eigenvalue weighted by atomic mass is 79.9. The topological polar surface area (TPSA) is 4.93 Å². The number of nitrogens with zero attached hydrogens (tertiary/aromatic N) is 1. The fourth-order valence-electron chi connectivity index (χ4n) is 6.07. The van der Waals surface area contributed by atoms with Crippen LogP contribution in [0.15, 0.2) is 148 Å². The first-order valence-electron chi connectivity index (χ1n) is 13.6. The van der Waals surface area contributed by atoms with E-state index in [1.54, 1.807) is 0 Å². The second-order valence-corrected chi connectivity index (χ2v) is 12.4. The van der Waals surface area contributed by atoms with E-state index in [1.165, 1.54) is 65.6 Å². The maximum atomic E-state index is 3.66. The summed E-state index contributed by atoms with van der Waals surface area (Å²) in [5, 5.41) is 7.43. The lowest BCUT2D eigenvalue weighted by atomic mass is 9.95. The van der Waals surface area contributed by atoms with Crippen LogP contribution in [0.3, 0.4) is 0 Å². The third-order valence-electron chi connectivity index (χ3n) is 8.03. The van der Waals surface area contributed by atoms with Crippen LogP contribution in [-0.4, -0.2) is 4.57 Å². The maximum absolute atomic E-state index is 3.66. The van der Waals surface area contributed by atoms with Crippen molar-refractivity contribution in [2.45, 2.75) is 0 Å². The van der Waals surface area contributed by atoms with Crippen molar-refractivity contribution < 1.29 is 0 Å².